The molecule has 0 amide bonds. The number of esters is 1. The Bertz CT molecular complexity index is 358. The van der Waals surface area contributed by atoms with Gasteiger partial charge in [-0.05, 0) is 11.6 Å². The molecule has 3 heteroatoms. The van der Waals surface area contributed by atoms with E-state index in [1.807, 2.05) is 18.2 Å². The van der Waals surface area contributed by atoms with Gasteiger partial charge < -0.3 is 4.74 Å². The van der Waals surface area contributed by atoms with Crippen molar-refractivity contribution in [2.24, 2.45) is 0 Å². The van der Waals surface area contributed by atoms with Crippen molar-refractivity contribution in [2.45, 2.75) is 6.92 Å². The molecule has 1 aromatic carbocycles. The van der Waals surface area contributed by atoms with Crippen molar-refractivity contribution >= 4 is 24.2 Å². The summed E-state index contributed by atoms with van der Waals surface area (Å²) in [7, 11) is 0. The van der Waals surface area contributed by atoms with Gasteiger partial charge in [0.15, 0.2) is 0 Å². The zero-order chi connectivity index (χ0) is 10.6. The van der Waals surface area contributed by atoms with Crippen LogP contribution in [0.4, 0.5) is 0 Å². The van der Waals surface area contributed by atoms with Gasteiger partial charge in [0.05, 0.1) is 0 Å². The molecule has 0 fully saturated rings. The van der Waals surface area contributed by atoms with Crippen molar-refractivity contribution in [1.82, 2.24) is 0 Å². The summed E-state index contributed by atoms with van der Waals surface area (Å²) < 4.78 is 5.03. The molecular weight excluding hydrogens is 196 g/mol. The first-order chi connectivity index (χ1) is 6.65. The molecule has 0 heterocycles. The summed E-state index contributed by atoms with van der Waals surface area (Å²) in [5, 5.41) is 0. The average molecular weight is 208 g/mol. The molecule has 0 N–H and O–H groups in total. The maximum absolute atomic E-state index is 10.8. The molecule has 0 atom stereocenters. The monoisotopic (exact) mass is 208 g/mol. The molecule has 2 nitrogen and oxygen atoms in total. The van der Waals surface area contributed by atoms with Gasteiger partial charge in [-0.3, -0.25) is 4.79 Å². The third-order valence-electron chi connectivity index (χ3n) is 1.71. The number of rotatable bonds is 3. The topological polar surface area (TPSA) is 26.3 Å². The quantitative estimate of drug-likeness (QED) is 0.469. The molecule has 0 spiro atoms. The highest BCUT2D eigenvalue weighted by molar-refractivity contribution is 7.80. The van der Waals surface area contributed by atoms with Gasteiger partial charge >= 0.3 is 5.97 Å². The van der Waals surface area contributed by atoms with Crippen LogP contribution in [-0.4, -0.2) is 11.7 Å². The van der Waals surface area contributed by atoms with E-state index in [2.05, 4.69) is 19.2 Å². The van der Waals surface area contributed by atoms with E-state index in [0.29, 0.717) is 11.5 Å². The Morgan fingerprint density at radius 2 is 2.14 bits per heavy atom. The van der Waals surface area contributed by atoms with Crippen molar-refractivity contribution in [1.29, 1.82) is 0 Å². The summed E-state index contributed by atoms with van der Waals surface area (Å²) in [6.07, 6.45) is 0. The largest absolute Gasteiger partial charge is 0.426 e. The van der Waals surface area contributed by atoms with Gasteiger partial charge in [-0.15, -0.1) is 0 Å². The first kappa shape index (κ1) is 10.9. The highest BCUT2D eigenvalue weighted by Gasteiger charge is 2.06. The molecular formula is C11H12O2S. The normalized spacial score (nSPS) is 9.57. The molecule has 0 saturated heterocycles. The lowest BCUT2D eigenvalue weighted by molar-refractivity contribution is -0.131. The summed E-state index contributed by atoms with van der Waals surface area (Å²) >= 11 is 4.12. The van der Waals surface area contributed by atoms with Gasteiger partial charge in [-0.1, -0.05) is 24.8 Å². The summed E-state index contributed by atoms with van der Waals surface area (Å²) in [6, 6.07) is 7.28. The Morgan fingerprint density at radius 1 is 1.50 bits per heavy atom. The number of hydrogen-bond acceptors (Lipinski definition) is 3. The maximum atomic E-state index is 10.8. The maximum Gasteiger partial charge on any atom is 0.308 e. The van der Waals surface area contributed by atoms with E-state index in [0.717, 1.165) is 11.1 Å². The predicted molar refractivity (Wildman–Crippen MR) is 60.6 cm³/mol. The number of carbonyl (C=O) groups is 1. The van der Waals surface area contributed by atoms with Crippen LogP contribution in [0.15, 0.2) is 30.8 Å². The second-order valence-electron chi connectivity index (χ2n) is 2.85. The highest BCUT2D eigenvalue weighted by atomic mass is 32.1. The third-order valence-corrected chi connectivity index (χ3v) is 2.09. The van der Waals surface area contributed by atoms with E-state index in [1.165, 1.54) is 6.92 Å². The second kappa shape index (κ2) is 4.86. The lowest BCUT2D eigenvalue weighted by Gasteiger charge is -2.08. The van der Waals surface area contributed by atoms with E-state index >= 15 is 0 Å². The molecule has 74 valence electrons. The molecule has 0 saturated carbocycles. The molecule has 0 aliphatic carbocycles. The minimum atomic E-state index is -0.329. The Hall–Kier alpha value is -1.22. The molecule has 0 unspecified atom stereocenters. The fourth-order valence-corrected chi connectivity index (χ4v) is 1.26. The number of benzene rings is 1. The fraction of sp³-hybridized carbons (Fsp3) is 0.182. The van der Waals surface area contributed by atoms with E-state index in [-0.39, 0.29) is 5.97 Å². The predicted octanol–water partition coefficient (Wildman–Crippen LogP) is 2.55. The van der Waals surface area contributed by atoms with E-state index in [4.69, 9.17) is 4.74 Å². The van der Waals surface area contributed by atoms with Gasteiger partial charge in [0, 0.05) is 18.2 Å². The van der Waals surface area contributed by atoms with Crippen LogP contribution >= 0.6 is 12.6 Å². The van der Waals surface area contributed by atoms with Gasteiger partial charge in [0.1, 0.15) is 5.75 Å². The van der Waals surface area contributed by atoms with Crippen LogP contribution in [0.5, 0.6) is 5.75 Å². The first-order valence-corrected chi connectivity index (χ1v) is 4.85. The summed E-state index contributed by atoms with van der Waals surface area (Å²) in [5.74, 6) is 0.751. The van der Waals surface area contributed by atoms with E-state index < -0.39 is 0 Å². The molecule has 0 aliphatic rings. The van der Waals surface area contributed by atoms with Crippen LogP contribution in [-0.2, 0) is 4.79 Å². The summed E-state index contributed by atoms with van der Waals surface area (Å²) in [4.78, 5) is 10.8. The number of carbonyl (C=O) groups excluding carboxylic acids is 1. The van der Waals surface area contributed by atoms with Gasteiger partial charge in [0.2, 0.25) is 0 Å². The number of ether oxygens (including phenoxy) is 1. The molecule has 0 aromatic heterocycles. The number of para-hydroxylation sites is 1. The van der Waals surface area contributed by atoms with Crippen LogP contribution in [0.1, 0.15) is 12.5 Å². The molecule has 0 radical (unpaired) electrons. The highest BCUT2D eigenvalue weighted by Crippen LogP contribution is 2.25. The Kier molecular flexibility index (Phi) is 3.77. The SMILES string of the molecule is C=C(CS)c1ccccc1OC(C)=O. The number of hydrogen-bond donors (Lipinski definition) is 1. The van der Waals surface area contributed by atoms with Crippen molar-refractivity contribution in [3.8, 4) is 5.75 Å². The summed E-state index contributed by atoms with van der Waals surface area (Å²) in [5.41, 5.74) is 1.67. The lowest BCUT2D eigenvalue weighted by atomic mass is 10.1. The van der Waals surface area contributed by atoms with Gasteiger partial charge in [-0.25, -0.2) is 0 Å². The zero-order valence-corrected chi connectivity index (χ0v) is 8.88. The first-order valence-electron chi connectivity index (χ1n) is 4.21. The van der Waals surface area contributed by atoms with Crippen molar-refractivity contribution < 1.29 is 9.53 Å². The lowest BCUT2D eigenvalue weighted by Crippen LogP contribution is -2.03. The second-order valence-corrected chi connectivity index (χ2v) is 3.17. The van der Waals surface area contributed by atoms with Gasteiger partial charge in [-0.2, -0.15) is 12.6 Å². The molecule has 1 aromatic rings. The van der Waals surface area contributed by atoms with Crippen LogP contribution < -0.4 is 4.74 Å². The smallest absolute Gasteiger partial charge is 0.308 e. The Morgan fingerprint density at radius 3 is 2.71 bits per heavy atom. The van der Waals surface area contributed by atoms with Crippen LogP contribution in [0, 0.1) is 0 Å². The van der Waals surface area contributed by atoms with Crippen molar-refractivity contribution in [2.75, 3.05) is 5.75 Å². The average Bonchev–Trinajstić information content (AvgIpc) is 2.16. The van der Waals surface area contributed by atoms with E-state index in [1.54, 1.807) is 6.07 Å². The minimum Gasteiger partial charge on any atom is -0.426 e. The minimum absolute atomic E-state index is 0.329. The van der Waals surface area contributed by atoms with Crippen LogP contribution in [0.25, 0.3) is 5.57 Å². The molecule has 0 aliphatic heterocycles. The molecule has 1 rings (SSSR count). The third kappa shape index (κ3) is 2.64. The summed E-state index contributed by atoms with van der Waals surface area (Å²) in [6.45, 7) is 5.22. The zero-order valence-electron chi connectivity index (χ0n) is 7.99. The molecule has 14 heavy (non-hydrogen) atoms. The Labute approximate surface area is 89.0 Å². The number of thiol groups is 1. The van der Waals surface area contributed by atoms with Crippen molar-refractivity contribution in [3.63, 3.8) is 0 Å². The Balaban J connectivity index is 3.02. The van der Waals surface area contributed by atoms with Crippen LogP contribution in [0.3, 0.4) is 0 Å². The van der Waals surface area contributed by atoms with Crippen molar-refractivity contribution in [3.05, 3.63) is 36.4 Å². The van der Waals surface area contributed by atoms with E-state index in [9.17, 15) is 4.79 Å². The van der Waals surface area contributed by atoms with Gasteiger partial charge in [0.25, 0.3) is 0 Å². The fourth-order valence-electron chi connectivity index (χ4n) is 1.09. The molecule has 0 bridgehead atoms. The standard InChI is InChI=1S/C11H12O2S/c1-8(7-14)10-5-3-4-6-11(10)13-9(2)12/h3-6,14H,1,7H2,2H3. The van der Waals surface area contributed by atoms with Crippen LogP contribution in [0.2, 0.25) is 0 Å².